The van der Waals surface area contributed by atoms with Crippen LogP contribution in [0.25, 0.3) is 0 Å². The zero-order valence-electron chi connectivity index (χ0n) is 19.5. The summed E-state index contributed by atoms with van der Waals surface area (Å²) in [4.78, 5) is 4.86. The van der Waals surface area contributed by atoms with E-state index >= 15 is 0 Å². The average Bonchev–Trinajstić information content (AvgIpc) is 2.59. The first kappa shape index (κ1) is 26.2. The monoisotopic (exact) mass is 439 g/mol. The fourth-order valence-electron chi connectivity index (χ4n) is 4.36. The van der Waals surface area contributed by atoms with Gasteiger partial charge in [-0.2, -0.15) is 5.26 Å². The topological polar surface area (TPSA) is 30.3 Å². The first-order valence-corrected chi connectivity index (χ1v) is 11.6. The molecule has 0 aliphatic carbocycles. The van der Waals surface area contributed by atoms with Crippen LogP contribution in [-0.2, 0) is 5.41 Å². The van der Waals surface area contributed by atoms with E-state index in [1.165, 1.54) is 0 Å². The van der Waals surface area contributed by atoms with Crippen molar-refractivity contribution in [2.75, 3.05) is 13.1 Å². The lowest BCUT2D eigenvalue weighted by Gasteiger charge is -2.38. The Morgan fingerprint density at radius 2 is 1.14 bits per heavy atom. The standard InChI is InChI=1S/C24H39Cl2N3/c1-17(2)28(18(3)4)14-12-24(16-27,13-15-29(19(5)6)20(7)8)23-21(25)10-9-11-22(23)26/h9-11,17-20H,12-15H2,1-8H3. The van der Waals surface area contributed by atoms with Gasteiger partial charge < -0.3 is 0 Å². The number of nitriles is 1. The van der Waals surface area contributed by atoms with Crippen LogP contribution in [0.3, 0.4) is 0 Å². The van der Waals surface area contributed by atoms with Crippen molar-refractivity contribution in [3.8, 4) is 6.07 Å². The summed E-state index contributed by atoms with van der Waals surface area (Å²) in [5.74, 6) is 0. The quantitative estimate of drug-likeness (QED) is 0.380. The Morgan fingerprint density at radius 1 is 0.793 bits per heavy atom. The number of halogens is 2. The van der Waals surface area contributed by atoms with Crippen molar-refractivity contribution in [3.63, 3.8) is 0 Å². The van der Waals surface area contributed by atoms with Crippen molar-refractivity contribution in [2.24, 2.45) is 0 Å². The van der Waals surface area contributed by atoms with Crippen molar-refractivity contribution in [2.45, 2.75) is 97.8 Å². The van der Waals surface area contributed by atoms with Crippen LogP contribution in [0.1, 0.15) is 73.8 Å². The molecule has 0 aliphatic rings. The summed E-state index contributed by atoms with van der Waals surface area (Å²) in [6, 6.07) is 9.85. The average molecular weight is 441 g/mol. The highest BCUT2D eigenvalue weighted by Crippen LogP contribution is 2.41. The summed E-state index contributed by atoms with van der Waals surface area (Å²) in [5.41, 5.74) is 0.0604. The molecule has 0 atom stereocenters. The van der Waals surface area contributed by atoms with Crippen LogP contribution in [0.4, 0.5) is 0 Å². The van der Waals surface area contributed by atoms with Gasteiger partial charge in [-0.3, -0.25) is 9.80 Å². The van der Waals surface area contributed by atoms with E-state index in [-0.39, 0.29) is 0 Å². The molecule has 0 saturated carbocycles. The lowest BCUT2D eigenvalue weighted by Crippen LogP contribution is -2.43. The maximum absolute atomic E-state index is 10.5. The number of hydrogen-bond donors (Lipinski definition) is 0. The second-order valence-electron chi connectivity index (χ2n) is 9.14. The highest BCUT2D eigenvalue weighted by Gasteiger charge is 2.37. The van der Waals surface area contributed by atoms with E-state index in [0.717, 1.165) is 18.7 Å². The van der Waals surface area contributed by atoms with Crippen molar-refractivity contribution in [3.05, 3.63) is 33.8 Å². The van der Waals surface area contributed by atoms with Crippen LogP contribution in [0.15, 0.2) is 18.2 Å². The largest absolute Gasteiger partial charge is 0.298 e. The molecule has 0 heterocycles. The second kappa shape index (κ2) is 11.6. The molecule has 0 amide bonds. The Balaban J connectivity index is 3.34. The van der Waals surface area contributed by atoms with E-state index < -0.39 is 5.41 Å². The molecular weight excluding hydrogens is 401 g/mol. The van der Waals surface area contributed by atoms with Gasteiger partial charge in [-0.1, -0.05) is 29.3 Å². The number of benzene rings is 1. The summed E-state index contributed by atoms with van der Waals surface area (Å²) < 4.78 is 0. The van der Waals surface area contributed by atoms with Crippen molar-refractivity contribution < 1.29 is 0 Å². The molecule has 0 aliphatic heterocycles. The molecule has 1 aromatic carbocycles. The third-order valence-corrected chi connectivity index (χ3v) is 6.53. The smallest absolute Gasteiger partial charge is 0.0875 e. The van der Waals surface area contributed by atoms with Gasteiger partial charge >= 0.3 is 0 Å². The molecule has 29 heavy (non-hydrogen) atoms. The van der Waals surface area contributed by atoms with Crippen LogP contribution < -0.4 is 0 Å². The summed E-state index contributed by atoms with van der Waals surface area (Å²) in [5, 5.41) is 11.6. The predicted molar refractivity (Wildman–Crippen MR) is 127 cm³/mol. The maximum Gasteiger partial charge on any atom is 0.0875 e. The van der Waals surface area contributed by atoms with Gasteiger partial charge in [0, 0.05) is 52.9 Å². The summed E-state index contributed by atoms with van der Waals surface area (Å²) in [6.45, 7) is 19.3. The fourth-order valence-corrected chi connectivity index (χ4v) is 5.12. The Bertz CT molecular complexity index is 617. The van der Waals surface area contributed by atoms with Crippen molar-refractivity contribution in [1.29, 1.82) is 5.26 Å². The molecule has 0 spiro atoms. The lowest BCUT2D eigenvalue weighted by atomic mass is 9.75. The molecule has 0 radical (unpaired) electrons. The molecule has 0 aromatic heterocycles. The van der Waals surface area contributed by atoms with Gasteiger partial charge in [-0.15, -0.1) is 0 Å². The molecule has 0 N–H and O–H groups in total. The van der Waals surface area contributed by atoms with Crippen LogP contribution >= 0.6 is 23.2 Å². The molecule has 3 nitrogen and oxygen atoms in total. The van der Waals surface area contributed by atoms with Crippen molar-refractivity contribution in [1.82, 2.24) is 9.80 Å². The molecule has 0 unspecified atom stereocenters. The van der Waals surface area contributed by atoms with Gasteiger partial charge in [0.1, 0.15) is 0 Å². The van der Waals surface area contributed by atoms with E-state index in [4.69, 9.17) is 23.2 Å². The van der Waals surface area contributed by atoms with Crippen LogP contribution in [-0.4, -0.2) is 47.1 Å². The Morgan fingerprint density at radius 3 is 1.41 bits per heavy atom. The molecule has 0 fully saturated rings. The molecule has 0 saturated heterocycles. The van der Waals surface area contributed by atoms with Crippen LogP contribution in [0.5, 0.6) is 0 Å². The van der Waals surface area contributed by atoms with Gasteiger partial charge in [0.05, 0.1) is 11.5 Å². The van der Waals surface area contributed by atoms with E-state index in [2.05, 4.69) is 71.3 Å². The zero-order chi connectivity index (χ0) is 22.4. The van der Waals surface area contributed by atoms with E-state index in [1.807, 2.05) is 18.2 Å². The van der Waals surface area contributed by atoms with Gasteiger partial charge in [-0.25, -0.2) is 0 Å². The van der Waals surface area contributed by atoms with Crippen LogP contribution in [0, 0.1) is 11.3 Å². The maximum atomic E-state index is 10.5. The van der Waals surface area contributed by atoms with Crippen LogP contribution in [0.2, 0.25) is 10.0 Å². The molecule has 164 valence electrons. The first-order chi connectivity index (χ1) is 13.5. The van der Waals surface area contributed by atoms with E-state index in [1.54, 1.807) is 0 Å². The van der Waals surface area contributed by atoms with Gasteiger partial charge in [0.25, 0.3) is 0 Å². The van der Waals surface area contributed by atoms with Crippen molar-refractivity contribution >= 4 is 23.2 Å². The zero-order valence-corrected chi connectivity index (χ0v) is 21.0. The minimum atomic E-state index is -0.723. The molecular formula is C24H39Cl2N3. The third kappa shape index (κ3) is 6.86. The van der Waals surface area contributed by atoms with Gasteiger partial charge in [-0.05, 0) is 80.4 Å². The summed E-state index contributed by atoms with van der Waals surface area (Å²) in [6.07, 6.45) is 1.40. The van der Waals surface area contributed by atoms with E-state index in [9.17, 15) is 5.26 Å². The molecule has 0 bridgehead atoms. The number of nitrogens with zero attached hydrogens (tertiary/aromatic N) is 3. The lowest BCUT2D eigenvalue weighted by molar-refractivity contribution is 0.143. The van der Waals surface area contributed by atoms with E-state index in [0.29, 0.717) is 47.1 Å². The predicted octanol–water partition coefficient (Wildman–Crippen LogP) is 6.77. The number of rotatable bonds is 11. The molecule has 5 heteroatoms. The third-order valence-electron chi connectivity index (χ3n) is 5.90. The normalized spacial score (nSPS) is 12.8. The Hall–Kier alpha value is -0.790. The minimum Gasteiger partial charge on any atom is -0.298 e. The Labute approximate surface area is 189 Å². The van der Waals surface area contributed by atoms with Gasteiger partial charge in [0.15, 0.2) is 0 Å². The summed E-state index contributed by atoms with van der Waals surface area (Å²) >= 11 is 13.2. The minimum absolute atomic E-state index is 0.413. The fraction of sp³-hybridized carbons (Fsp3) is 0.708. The van der Waals surface area contributed by atoms with Gasteiger partial charge in [0.2, 0.25) is 0 Å². The first-order valence-electron chi connectivity index (χ1n) is 10.8. The SMILES string of the molecule is CC(C)N(CCC(C#N)(CCN(C(C)C)C(C)C)c1c(Cl)cccc1Cl)C(C)C. The summed E-state index contributed by atoms with van der Waals surface area (Å²) in [7, 11) is 0. The highest BCUT2D eigenvalue weighted by atomic mass is 35.5. The Kier molecular flexibility index (Phi) is 10.5. The highest BCUT2D eigenvalue weighted by molar-refractivity contribution is 6.36. The molecule has 1 aromatic rings. The number of hydrogen-bond acceptors (Lipinski definition) is 3. The second-order valence-corrected chi connectivity index (χ2v) is 9.96. The molecule has 1 rings (SSSR count).